The molecule has 2 rings (SSSR count). The van der Waals surface area contributed by atoms with Gasteiger partial charge in [0.2, 0.25) is 0 Å². The highest BCUT2D eigenvalue weighted by atomic mass is 15.4. The maximum atomic E-state index is 4.55. The normalized spacial score (nSPS) is 12.9. The third-order valence-corrected chi connectivity index (χ3v) is 4.04. The summed E-state index contributed by atoms with van der Waals surface area (Å²) in [5.41, 5.74) is 2.31. The van der Waals surface area contributed by atoms with Crippen LogP contribution in [0.2, 0.25) is 0 Å². The molecule has 2 aromatic rings. The average molecular weight is 304 g/mol. The average Bonchev–Trinajstić information content (AvgIpc) is 2.94. The summed E-state index contributed by atoms with van der Waals surface area (Å²) in [5.74, 6) is 2.68. The van der Waals surface area contributed by atoms with Crippen LogP contribution in [0.25, 0.3) is 0 Å². The van der Waals surface area contributed by atoms with Crippen molar-refractivity contribution >= 4 is 5.82 Å². The van der Waals surface area contributed by atoms with Gasteiger partial charge in [-0.25, -0.2) is 4.98 Å². The summed E-state index contributed by atoms with van der Waals surface area (Å²) in [7, 11) is 8.14. The smallest absolute Gasteiger partial charge is 0.130 e. The maximum Gasteiger partial charge on any atom is 0.130 e. The Balaban J connectivity index is 2.23. The van der Waals surface area contributed by atoms with Crippen molar-refractivity contribution in [2.24, 2.45) is 20.0 Å². The van der Waals surface area contributed by atoms with Crippen LogP contribution in [0.1, 0.15) is 37.0 Å². The topological polar surface area (TPSA) is 50.9 Å². The van der Waals surface area contributed by atoms with Crippen molar-refractivity contribution in [2.45, 2.75) is 33.4 Å². The van der Waals surface area contributed by atoms with Gasteiger partial charge in [-0.2, -0.15) is 5.10 Å². The van der Waals surface area contributed by atoms with Gasteiger partial charge in [0.1, 0.15) is 11.6 Å². The zero-order valence-corrected chi connectivity index (χ0v) is 14.8. The summed E-state index contributed by atoms with van der Waals surface area (Å²) >= 11 is 0. The predicted molar refractivity (Wildman–Crippen MR) is 89.9 cm³/mol. The SMILES string of the molecule is Cc1nn(C)c(N(C)C)c1CN[C@H](c1nccn1C)C(C)C. The third kappa shape index (κ3) is 3.16. The number of nitrogens with zero attached hydrogens (tertiary/aromatic N) is 5. The predicted octanol–water partition coefficient (Wildman–Crippen LogP) is 2.01. The number of anilines is 1. The number of aryl methyl sites for hydroxylation is 3. The van der Waals surface area contributed by atoms with Gasteiger partial charge < -0.3 is 14.8 Å². The molecule has 0 aliphatic carbocycles. The molecule has 6 heteroatoms. The van der Waals surface area contributed by atoms with Crippen molar-refractivity contribution in [3.8, 4) is 0 Å². The highest BCUT2D eigenvalue weighted by Gasteiger charge is 2.22. The van der Waals surface area contributed by atoms with Gasteiger partial charge >= 0.3 is 0 Å². The van der Waals surface area contributed by atoms with E-state index >= 15 is 0 Å². The number of hydrogen-bond donors (Lipinski definition) is 1. The van der Waals surface area contributed by atoms with Gasteiger partial charge in [0, 0.05) is 52.7 Å². The summed E-state index contributed by atoms with van der Waals surface area (Å²) in [6, 6.07) is 0.217. The van der Waals surface area contributed by atoms with Crippen LogP contribution >= 0.6 is 0 Å². The van der Waals surface area contributed by atoms with E-state index in [2.05, 4.69) is 59.7 Å². The van der Waals surface area contributed by atoms with Crippen molar-refractivity contribution in [1.82, 2.24) is 24.6 Å². The van der Waals surface area contributed by atoms with E-state index in [1.165, 1.54) is 5.56 Å². The van der Waals surface area contributed by atoms with Gasteiger partial charge in [-0.05, 0) is 12.8 Å². The molecule has 1 N–H and O–H groups in total. The second-order valence-corrected chi connectivity index (χ2v) is 6.40. The largest absolute Gasteiger partial charge is 0.363 e. The van der Waals surface area contributed by atoms with Crippen LogP contribution in [-0.2, 0) is 20.6 Å². The van der Waals surface area contributed by atoms with Crippen LogP contribution in [-0.4, -0.2) is 33.4 Å². The van der Waals surface area contributed by atoms with Gasteiger partial charge in [0.05, 0.1) is 11.7 Å². The monoisotopic (exact) mass is 304 g/mol. The molecule has 0 bridgehead atoms. The summed E-state index contributed by atoms with van der Waals surface area (Å²) in [6.07, 6.45) is 3.85. The molecule has 0 aliphatic rings. The lowest BCUT2D eigenvalue weighted by Crippen LogP contribution is -2.28. The van der Waals surface area contributed by atoms with Crippen LogP contribution < -0.4 is 10.2 Å². The van der Waals surface area contributed by atoms with Crippen LogP contribution in [0, 0.1) is 12.8 Å². The van der Waals surface area contributed by atoms with E-state index in [9.17, 15) is 0 Å². The molecule has 0 unspecified atom stereocenters. The van der Waals surface area contributed by atoms with E-state index in [-0.39, 0.29) is 6.04 Å². The minimum Gasteiger partial charge on any atom is -0.363 e. The molecule has 0 saturated heterocycles. The van der Waals surface area contributed by atoms with Crippen molar-refractivity contribution < 1.29 is 0 Å². The quantitative estimate of drug-likeness (QED) is 0.887. The van der Waals surface area contributed by atoms with Crippen LogP contribution in [0.3, 0.4) is 0 Å². The van der Waals surface area contributed by atoms with E-state index < -0.39 is 0 Å². The fraction of sp³-hybridized carbons (Fsp3) is 0.625. The molecule has 0 spiro atoms. The lowest BCUT2D eigenvalue weighted by atomic mass is 10.0. The van der Waals surface area contributed by atoms with E-state index in [0.717, 1.165) is 23.9 Å². The van der Waals surface area contributed by atoms with Crippen LogP contribution in [0.5, 0.6) is 0 Å². The standard InChI is InChI=1S/C16H28N6/c1-11(2)14(15-17-8-9-21(15)6)18-10-13-12(3)19-22(7)16(13)20(4)5/h8-9,11,14,18H,10H2,1-7H3/t14-/m0/s1. The summed E-state index contributed by atoms with van der Waals surface area (Å²) in [4.78, 5) is 6.62. The lowest BCUT2D eigenvalue weighted by Gasteiger charge is -2.23. The first-order valence-electron chi connectivity index (χ1n) is 7.73. The van der Waals surface area contributed by atoms with Crippen LogP contribution in [0.4, 0.5) is 5.82 Å². The van der Waals surface area contributed by atoms with E-state index in [4.69, 9.17) is 0 Å². The second kappa shape index (κ2) is 6.52. The number of aromatic nitrogens is 4. The van der Waals surface area contributed by atoms with Crippen molar-refractivity contribution in [1.29, 1.82) is 0 Å². The van der Waals surface area contributed by atoms with Crippen molar-refractivity contribution in [3.63, 3.8) is 0 Å². The molecule has 1 atom stereocenters. The van der Waals surface area contributed by atoms with Crippen molar-refractivity contribution in [3.05, 3.63) is 29.5 Å². The molecule has 122 valence electrons. The fourth-order valence-corrected chi connectivity index (χ4v) is 2.97. The first-order chi connectivity index (χ1) is 10.3. The van der Waals surface area contributed by atoms with E-state index in [1.54, 1.807) is 0 Å². The van der Waals surface area contributed by atoms with Crippen LogP contribution in [0.15, 0.2) is 12.4 Å². The Morgan fingerprint density at radius 2 is 1.95 bits per heavy atom. The molecule has 0 fully saturated rings. The van der Waals surface area contributed by atoms with Gasteiger partial charge in [0.15, 0.2) is 0 Å². The van der Waals surface area contributed by atoms with Gasteiger partial charge in [0.25, 0.3) is 0 Å². The number of nitrogens with one attached hydrogen (secondary N) is 1. The molecular formula is C16H28N6. The molecule has 0 aliphatic heterocycles. The molecule has 0 saturated carbocycles. The number of imidazole rings is 1. The minimum atomic E-state index is 0.217. The molecular weight excluding hydrogens is 276 g/mol. The first-order valence-corrected chi connectivity index (χ1v) is 7.73. The Kier molecular flexibility index (Phi) is 4.90. The van der Waals surface area contributed by atoms with Gasteiger partial charge in [-0.1, -0.05) is 13.8 Å². The Hall–Kier alpha value is -1.82. The van der Waals surface area contributed by atoms with E-state index in [0.29, 0.717) is 5.92 Å². The Morgan fingerprint density at radius 1 is 1.27 bits per heavy atom. The lowest BCUT2D eigenvalue weighted by molar-refractivity contribution is 0.384. The molecule has 0 amide bonds. The van der Waals surface area contributed by atoms with Gasteiger partial charge in [-0.3, -0.25) is 4.68 Å². The molecule has 6 nitrogen and oxygen atoms in total. The molecule has 22 heavy (non-hydrogen) atoms. The fourth-order valence-electron chi connectivity index (χ4n) is 2.97. The maximum absolute atomic E-state index is 4.55. The van der Waals surface area contributed by atoms with E-state index in [1.807, 2.05) is 31.2 Å². The van der Waals surface area contributed by atoms with Gasteiger partial charge in [-0.15, -0.1) is 0 Å². The first kappa shape index (κ1) is 16.5. The zero-order chi connectivity index (χ0) is 16.4. The molecule has 2 aromatic heterocycles. The highest BCUT2D eigenvalue weighted by Crippen LogP contribution is 2.24. The Labute approximate surface area is 133 Å². The number of hydrogen-bond acceptors (Lipinski definition) is 4. The molecule has 0 radical (unpaired) electrons. The molecule has 2 heterocycles. The Morgan fingerprint density at radius 3 is 2.45 bits per heavy atom. The molecule has 0 aromatic carbocycles. The second-order valence-electron chi connectivity index (χ2n) is 6.40. The third-order valence-electron chi connectivity index (χ3n) is 4.04. The summed E-state index contributed by atoms with van der Waals surface area (Å²) < 4.78 is 4.03. The summed E-state index contributed by atoms with van der Waals surface area (Å²) in [5, 5.41) is 8.21. The number of rotatable bonds is 6. The van der Waals surface area contributed by atoms with Crippen molar-refractivity contribution in [2.75, 3.05) is 19.0 Å². The highest BCUT2D eigenvalue weighted by molar-refractivity contribution is 5.48. The zero-order valence-electron chi connectivity index (χ0n) is 14.8. The summed E-state index contributed by atoms with van der Waals surface area (Å²) in [6.45, 7) is 7.28. The Bertz CT molecular complexity index is 623. The minimum absolute atomic E-state index is 0.217.